The van der Waals surface area contributed by atoms with Gasteiger partial charge in [0.2, 0.25) is 10.0 Å². The number of halogens is 2. The smallest absolute Gasteiger partial charge is 0.252 e. The fraction of sp³-hybridized carbons (Fsp3) is 0.400. The Labute approximate surface area is 99.1 Å². The lowest BCUT2D eigenvalue weighted by molar-refractivity contribution is 0.126. The van der Waals surface area contributed by atoms with Crippen LogP contribution in [0.4, 0.5) is 8.78 Å². The van der Waals surface area contributed by atoms with Crippen LogP contribution in [0, 0.1) is 0 Å². The van der Waals surface area contributed by atoms with Crippen molar-refractivity contribution in [1.29, 1.82) is 0 Å². The molecule has 7 heteroatoms. The minimum Gasteiger partial charge on any atom is -0.326 e. The molecule has 0 saturated carbocycles. The van der Waals surface area contributed by atoms with Crippen molar-refractivity contribution >= 4 is 10.0 Å². The first-order valence-corrected chi connectivity index (χ1v) is 6.35. The van der Waals surface area contributed by atoms with Crippen molar-refractivity contribution in [1.82, 2.24) is 4.31 Å². The van der Waals surface area contributed by atoms with Gasteiger partial charge in [-0.05, 0) is 17.7 Å². The van der Waals surface area contributed by atoms with Gasteiger partial charge in [0.1, 0.15) is 0 Å². The first-order valence-electron chi connectivity index (χ1n) is 4.91. The van der Waals surface area contributed by atoms with E-state index in [4.69, 9.17) is 5.73 Å². The SMILES string of the molecule is CN(CC(F)F)S(=O)(=O)c1ccc(CN)cc1. The van der Waals surface area contributed by atoms with Gasteiger partial charge in [-0.25, -0.2) is 17.2 Å². The molecule has 1 rings (SSSR count). The minimum absolute atomic E-state index is 0.0159. The predicted molar refractivity (Wildman–Crippen MR) is 60.2 cm³/mol. The van der Waals surface area contributed by atoms with Gasteiger partial charge >= 0.3 is 0 Å². The fourth-order valence-corrected chi connectivity index (χ4v) is 2.42. The van der Waals surface area contributed by atoms with Crippen molar-refractivity contribution < 1.29 is 17.2 Å². The molecule has 17 heavy (non-hydrogen) atoms. The lowest BCUT2D eigenvalue weighted by Gasteiger charge is -2.16. The molecule has 0 aliphatic heterocycles. The Morgan fingerprint density at radius 1 is 1.29 bits per heavy atom. The molecule has 0 amide bonds. The summed E-state index contributed by atoms with van der Waals surface area (Å²) in [6.45, 7) is -0.520. The maximum absolute atomic E-state index is 12.1. The summed E-state index contributed by atoms with van der Waals surface area (Å²) in [6, 6.07) is 5.84. The van der Waals surface area contributed by atoms with Gasteiger partial charge in [-0.15, -0.1) is 0 Å². The number of hydrogen-bond acceptors (Lipinski definition) is 3. The molecule has 0 aliphatic carbocycles. The maximum atomic E-state index is 12.1. The van der Waals surface area contributed by atoms with Gasteiger partial charge in [0.05, 0.1) is 11.4 Å². The van der Waals surface area contributed by atoms with E-state index in [-0.39, 0.29) is 4.90 Å². The molecule has 1 aromatic rings. The van der Waals surface area contributed by atoms with Crippen LogP contribution in [0.5, 0.6) is 0 Å². The molecule has 0 fully saturated rings. The summed E-state index contributed by atoms with van der Waals surface area (Å²) in [6.07, 6.45) is -2.70. The van der Waals surface area contributed by atoms with Crippen LogP contribution >= 0.6 is 0 Å². The van der Waals surface area contributed by atoms with Crippen LogP contribution < -0.4 is 5.73 Å². The van der Waals surface area contributed by atoms with Crippen LogP contribution in [0.15, 0.2) is 29.2 Å². The Hall–Kier alpha value is -1.05. The Balaban J connectivity index is 2.96. The third kappa shape index (κ3) is 3.45. The average Bonchev–Trinajstić information content (AvgIpc) is 2.28. The normalized spacial score (nSPS) is 12.4. The van der Waals surface area contributed by atoms with E-state index in [1.165, 1.54) is 12.1 Å². The molecule has 4 nitrogen and oxygen atoms in total. The molecular weight excluding hydrogens is 250 g/mol. The number of alkyl halides is 2. The molecule has 0 aromatic heterocycles. The van der Waals surface area contributed by atoms with Crippen molar-refractivity contribution in [2.24, 2.45) is 5.73 Å². The second kappa shape index (κ2) is 5.52. The van der Waals surface area contributed by atoms with Crippen LogP contribution in [0.1, 0.15) is 5.56 Å². The average molecular weight is 264 g/mol. The molecule has 0 unspecified atom stereocenters. The third-order valence-corrected chi connectivity index (χ3v) is 4.10. The molecule has 0 heterocycles. The monoisotopic (exact) mass is 264 g/mol. The zero-order valence-corrected chi connectivity index (χ0v) is 10.1. The van der Waals surface area contributed by atoms with Crippen LogP contribution in [-0.2, 0) is 16.6 Å². The van der Waals surface area contributed by atoms with Gasteiger partial charge in [-0.3, -0.25) is 0 Å². The molecule has 0 bridgehead atoms. The number of nitrogens with zero attached hydrogens (tertiary/aromatic N) is 1. The molecule has 0 spiro atoms. The molecule has 0 aliphatic rings. The van der Waals surface area contributed by atoms with E-state index in [2.05, 4.69) is 0 Å². The number of benzene rings is 1. The van der Waals surface area contributed by atoms with Crippen LogP contribution in [0.3, 0.4) is 0 Å². The molecular formula is C10H14F2N2O2S. The summed E-state index contributed by atoms with van der Waals surface area (Å²) in [4.78, 5) is -0.0159. The van der Waals surface area contributed by atoms with Crippen molar-refractivity contribution in [3.8, 4) is 0 Å². The van der Waals surface area contributed by atoms with E-state index in [1.54, 1.807) is 12.1 Å². The van der Waals surface area contributed by atoms with E-state index in [0.29, 0.717) is 10.8 Å². The Bertz CT molecular complexity index is 460. The van der Waals surface area contributed by atoms with Crippen LogP contribution in [0.25, 0.3) is 0 Å². The molecule has 96 valence electrons. The predicted octanol–water partition coefficient (Wildman–Crippen LogP) is 1.03. The van der Waals surface area contributed by atoms with E-state index < -0.39 is 23.0 Å². The van der Waals surface area contributed by atoms with Crippen LogP contribution in [0.2, 0.25) is 0 Å². The lowest BCUT2D eigenvalue weighted by Crippen LogP contribution is -2.31. The van der Waals surface area contributed by atoms with E-state index in [1.807, 2.05) is 0 Å². The Morgan fingerprint density at radius 3 is 2.24 bits per heavy atom. The topological polar surface area (TPSA) is 63.4 Å². The number of hydrogen-bond donors (Lipinski definition) is 1. The maximum Gasteiger partial charge on any atom is 0.252 e. The van der Waals surface area contributed by atoms with Gasteiger partial charge in [0, 0.05) is 13.6 Å². The number of rotatable bonds is 5. The zero-order valence-electron chi connectivity index (χ0n) is 9.31. The summed E-state index contributed by atoms with van der Waals surface area (Å²) in [5, 5.41) is 0. The highest BCUT2D eigenvalue weighted by atomic mass is 32.2. The molecule has 2 N–H and O–H groups in total. The number of sulfonamides is 1. The van der Waals surface area contributed by atoms with E-state index in [9.17, 15) is 17.2 Å². The van der Waals surface area contributed by atoms with Gasteiger partial charge < -0.3 is 5.73 Å². The summed E-state index contributed by atoms with van der Waals surface area (Å²) in [7, 11) is -2.72. The zero-order chi connectivity index (χ0) is 13.1. The lowest BCUT2D eigenvalue weighted by atomic mass is 10.2. The van der Waals surface area contributed by atoms with Crippen LogP contribution in [-0.4, -0.2) is 32.7 Å². The second-order valence-corrected chi connectivity index (χ2v) is 5.57. The molecule has 0 saturated heterocycles. The van der Waals surface area contributed by atoms with E-state index >= 15 is 0 Å². The Morgan fingerprint density at radius 2 is 1.82 bits per heavy atom. The largest absolute Gasteiger partial charge is 0.326 e. The van der Waals surface area contributed by atoms with Crippen molar-refractivity contribution in [2.45, 2.75) is 17.9 Å². The standard InChI is InChI=1S/C10H14F2N2O2S/c1-14(7-10(11)12)17(15,16)9-4-2-8(6-13)3-5-9/h2-5,10H,6-7,13H2,1H3. The fourth-order valence-electron chi connectivity index (χ4n) is 1.27. The first-order chi connectivity index (χ1) is 7.87. The van der Waals surface area contributed by atoms with Gasteiger partial charge in [0.25, 0.3) is 6.43 Å². The number of nitrogens with two attached hydrogens (primary N) is 1. The van der Waals surface area contributed by atoms with Gasteiger partial charge in [-0.1, -0.05) is 12.1 Å². The van der Waals surface area contributed by atoms with Gasteiger partial charge in [0.15, 0.2) is 0 Å². The highest BCUT2D eigenvalue weighted by Gasteiger charge is 2.23. The second-order valence-electron chi connectivity index (χ2n) is 3.52. The highest BCUT2D eigenvalue weighted by molar-refractivity contribution is 7.89. The minimum atomic E-state index is -3.85. The summed E-state index contributed by atoms with van der Waals surface area (Å²) in [5.74, 6) is 0. The molecule has 0 radical (unpaired) electrons. The van der Waals surface area contributed by atoms with Crippen molar-refractivity contribution in [3.05, 3.63) is 29.8 Å². The first kappa shape index (κ1) is 14.0. The van der Waals surface area contributed by atoms with Crippen molar-refractivity contribution in [2.75, 3.05) is 13.6 Å². The highest BCUT2D eigenvalue weighted by Crippen LogP contribution is 2.15. The Kier molecular flexibility index (Phi) is 4.55. The summed E-state index contributed by atoms with van der Waals surface area (Å²) >= 11 is 0. The molecule has 0 atom stereocenters. The summed E-state index contributed by atoms with van der Waals surface area (Å²) < 4.78 is 48.5. The summed E-state index contributed by atoms with van der Waals surface area (Å²) in [5.41, 5.74) is 6.15. The third-order valence-electron chi connectivity index (χ3n) is 2.26. The quantitative estimate of drug-likeness (QED) is 0.864. The van der Waals surface area contributed by atoms with Crippen molar-refractivity contribution in [3.63, 3.8) is 0 Å². The van der Waals surface area contributed by atoms with Gasteiger partial charge in [-0.2, -0.15) is 4.31 Å². The van der Waals surface area contributed by atoms with E-state index in [0.717, 1.165) is 12.6 Å². The molecule has 1 aromatic carbocycles.